The van der Waals surface area contributed by atoms with Crippen molar-refractivity contribution in [3.8, 4) is 5.75 Å². The van der Waals surface area contributed by atoms with Crippen LogP contribution in [0.15, 0.2) is 48.5 Å². The Morgan fingerprint density at radius 2 is 1.84 bits per heavy atom. The minimum absolute atomic E-state index is 0.0941. The SMILES string of the molecule is CS(=O)(=O)N(CCCC(=O)Nc1ccc(OC(F)(F)F)cc1)c1cccc([N+](=O)[O-])c1. The molecule has 9 nitrogen and oxygen atoms in total. The van der Waals surface area contributed by atoms with Crippen molar-refractivity contribution in [3.63, 3.8) is 0 Å². The van der Waals surface area contributed by atoms with Crippen LogP contribution in [0.4, 0.5) is 30.2 Å². The zero-order chi connectivity index (χ0) is 23.2. The fraction of sp³-hybridized carbons (Fsp3) is 0.278. The van der Waals surface area contributed by atoms with Gasteiger partial charge in [-0.3, -0.25) is 19.2 Å². The van der Waals surface area contributed by atoms with Gasteiger partial charge in [-0.25, -0.2) is 8.42 Å². The molecule has 1 amide bonds. The highest BCUT2D eigenvalue weighted by Crippen LogP contribution is 2.25. The summed E-state index contributed by atoms with van der Waals surface area (Å²) < 4.78 is 65.3. The molecule has 0 saturated heterocycles. The lowest BCUT2D eigenvalue weighted by molar-refractivity contribution is -0.384. The molecule has 0 radical (unpaired) electrons. The van der Waals surface area contributed by atoms with Gasteiger partial charge in [-0.1, -0.05) is 6.07 Å². The van der Waals surface area contributed by atoms with Gasteiger partial charge in [-0.15, -0.1) is 13.2 Å². The largest absolute Gasteiger partial charge is 0.573 e. The summed E-state index contributed by atoms with van der Waals surface area (Å²) in [5, 5.41) is 13.4. The molecule has 1 N–H and O–H groups in total. The number of nitro groups is 1. The first-order valence-corrected chi connectivity index (χ1v) is 10.6. The highest BCUT2D eigenvalue weighted by atomic mass is 32.2. The molecule has 0 saturated carbocycles. The molecule has 13 heteroatoms. The molecule has 31 heavy (non-hydrogen) atoms. The summed E-state index contributed by atoms with van der Waals surface area (Å²) in [4.78, 5) is 22.3. The number of carbonyl (C=O) groups excluding carboxylic acids is 1. The first-order valence-electron chi connectivity index (χ1n) is 8.73. The Bertz CT molecular complexity index is 1040. The lowest BCUT2D eigenvalue weighted by Crippen LogP contribution is -2.31. The number of benzene rings is 2. The van der Waals surface area contributed by atoms with Crippen LogP contribution < -0.4 is 14.4 Å². The van der Waals surface area contributed by atoms with Gasteiger partial charge in [0.05, 0.1) is 16.9 Å². The Balaban J connectivity index is 1.96. The van der Waals surface area contributed by atoms with Crippen LogP contribution >= 0.6 is 0 Å². The highest BCUT2D eigenvalue weighted by molar-refractivity contribution is 7.92. The van der Waals surface area contributed by atoms with Gasteiger partial charge in [0.15, 0.2) is 0 Å². The molecule has 2 aromatic carbocycles. The van der Waals surface area contributed by atoms with E-state index in [-0.39, 0.29) is 36.4 Å². The summed E-state index contributed by atoms with van der Waals surface area (Å²) >= 11 is 0. The van der Waals surface area contributed by atoms with Crippen molar-refractivity contribution in [2.45, 2.75) is 19.2 Å². The van der Waals surface area contributed by atoms with Crippen LogP contribution in [-0.4, -0.2) is 38.4 Å². The van der Waals surface area contributed by atoms with Gasteiger partial charge in [0.2, 0.25) is 15.9 Å². The van der Waals surface area contributed by atoms with Crippen molar-refractivity contribution < 1.29 is 36.0 Å². The number of halogens is 3. The third-order valence-electron chi connectivity index (χ3n) is 3.87. The molecule has 0 spiro atoms. The van der Waals surface area contributed by atoms with Crippen LogP contribution in [0.5, 0.6) is 5.75 Å². The molecule has 2 rings (SSSR count). The van der Waals surface area contributed by atoms with E-state index in [4.69, 9.17) is 0 Å². The van der Waals surface area contributed by atoms with Crippen LogP contribution in [-0.2, 0) is 14.8 Å². The maximum Gasteiger partial charge on any atom is 0.573 e. The van der Waals surface area contributed by atoms with Gasteiger partial charge >= 0.3 is 6.36 Å². The summed E-state index contributed by atoms with van der Waals surface area (Å²) in [5.74, 6) is -0.928. The molecular weight excluding hydrogens is 443 g/mol. The van der Waals surface area contributed by atoms with E-state index in [1.165, 1.54) is 30.3 Å². The smallest absolute Gasteiger partial charge is 0.406 e. The Hall–Kier alpha value is -3.35. The average Bonchev–Trinajstić information content (AvgIpc) is 2.64. The number of alkyl halides is 3. The lowest BCUT2D eigenvalue weighted by Gasteiger charge is -2.22. The zero-order valence-corrected chi connectivity index (χ0v) is 16.9. The van der Waals surface area contributed by atoms with Crippen molar-refractivity contribution >= 4 is 33.0 Å². The molecule has 0 unspecified atom stereocenters. The summed E-state index contributed by atoms with van der Waals surface area (Å²) in [6.07, 6.45) is -3.88. The van der Waals surface area contributed by atoms with E-state index < -0.39 is 33.0 Å². The number of amides is 1. The number of sulfonamides is 1. The standard InChI is InChI=1S/C18H18F3N3O6S/c1-31(28,29)23(14-4-2-5-15(12-14)24(26)27)11-3-6-17(25)22-13-7-9-16(10-8-13)30-18(19,20)21/h2,4-5,7-10,12H,3,6,11H2,1H3,(H,22,25). The summed E-state index contributed by atoms with van der Waals surface area (Å²) in [6, 6.07) is 9.63. The van der Waals surface area contributed by atoms with Crippen molar-refractivity contribution in [2.75, 3.05) is 22.4 Å². The minimum Gasteiger partial charge on any atom is -0.406 e. The maximum atomic E-state index is 12.2. The number of non-ortho nitro benzene ring substituents is 1. The molecule has 0 heterocycles. The van der Waals surface area contributed by atoms with Gasteiger partial charge in [0.1, 0.15) is 5.75 Å². The molecule has 0 aromatic heterocycles. The lowest BCUT2D eigenvalue weighted by atomic mass is 10.2. The summed E-state index contributed by atoms with van der Waals surface area (Å²) in [7, 11) is -3.76. The monoisotopic (exact) mass is 461 g/mol. The number of carbonyl (C=O) groups is 1. The number of anilines is 2. The van der Waals surface area contributed by atoms with Crippen LogP contribution in [0.3, 0.4) is 0 Å². The van der Waals surface area contributed by atoms with E-state index in [0.29, 0.717) is 0 Å². The van der Waals surface area contributed by atoms with E-state index in [9.17, 15) is 36.5 Å². The highest BCUT2D eigenvalue weighted by Gasteiger charge is 2.31. The second-order valence-corrected chi connectivity index (χ2v) is 8.24. The predicted octanol–water partition coefficient (Wildman–Crippen LogP) is 3.68. The zero-order valence-electron chi connectivity index (χ0n) is 16.1. The molecule has 0 aliphatic heterocycles. The van der Waals surface area contributed by atoms with Crippen molar-refractivity contribution in [2.24, 2.45) is 0 Å². The van der Waals surface area contributed by atoms with Crippen molar-refractivity contribution in [1.82, 2.24) is 0 Å². The average molecular weight is 461 g/mol. The molecule has 168 valence electrons. The number of hydrogen-bond donors (Lipinski definition) is 1. The second-order valence-electron chi connectivity index (χ2n) is 6.34. The number of ether oxygens (including phenoxy) is 1. The number of rotatable bonds is 9. The Morgan fingerprint density at radius 1 is 1.19 bits per heavy atom. The predicted molar refractivity (Wildman–Crippen MR) is 106 cm³/mol. The first kappa shape index (κ1) is 23.9. The van der Waals surface area contributed by atoms with Crippen LogP contribution in [0, 0.1) is 10.1 Å². The first-order chi connectivity index (χ1) is 14.3. The minimum atomic E-state index is -4.82. The third kappa shape index (κ3) is 7.77. The number of nitro benzene ring substituents is 1. The van der Waals surface area contributed by atoms with E-state index in [2.05, 4.69) is 10.1 Å². The van der Waals surface area contributed by atoms with E-state index in [0.717, 1.165) is 28.8 Å². The fourth-order valence-corrected chi connectivity index (χ4v) is 3.55. The quantitative estimate of drug-likeness (QED) is 0.450. The number of nitrogens with one attached hydrogen (secondary N) is 1. The van der Waals surface area contributed by atoms with Gasteiger partial charge in [-0.2, -0.15) is 0 Å². The second kappa shape index (κ2) is 9.64. The maximum absolute atomic E-state index is 12.2. The summed E-state index contributed by atoms with van der Waals surface area (Å²) in [6.45, 7) is -0.105. The van der Waals surface area contributed by atoms with Crippen LogP contribution in [0.25, 0.3) is 0 Å². The van der Waals surface area contributed by atoms with E-state index >= 15 is 0 Å². The third-order valence-corrected chi connectivity index (χ3v) is 5.06. The molecule has 0 bridgehead atoms. The Kier molecular flexibility index (Phi) is 7.44. The van der Waals surface area contributed by atoms with Crippen LogP contribution in [0.2, 0.25) is 0 Å². The van der Waals surface area contributed by atoms with E-state index in [1.54, 1.807) is 0 Å². The Morgan fingerprint density at radius 3 is 2.39 bits per heavy atom. The molecule has 0 atom stereocenters. The molecule has 0 fully saturated rings. The van der Waals surface area contributed by atoms with Gasteiger partial charge in [0.25, 0.3) is 5.69 Å². The topological polar surface area (TPSA) is 119 Å². The van der Waals surface area contributed by atoms with Crippen LogP contribution in [0.1, 0.15) is 12.8 Å². The van der Waals surface area contributed by atoms with Gasteiger partial charge in [-0.05, 0) is 36.8 Å². The molecule has 2 aromatic rings. The number of hydrogen-bond acceptors (Lipinski definition) is 6. The van der Waals surface area contributed by atoms with Gasteiger partial charge in [0, 0.05) is 30.8 Å². The van der Waals surface area contributed by atoms with Crippen molar-refractivity contribution in [3.05, 3.63) is 58.6 Å². The van der Waals surface area contributed by atoms with Gasteiger partial charge < -0.3 is 10.1 Å². The normalized spacial score (nSPS) is 11.6. The molecule has 0 aliphatic rings. The van der Waals surface area contributed by atoms with Crippen molar-refractivity contribution in [1.29, 1.82) is 0 Å². The van der Waals surface area contributed by atoms with E-state index in [1.807, 2.05) is 0 Å². The molecular formula is C18H18F3N3O6S. The summed E-state index contributed by atoms with van der Waals surface area (Å²) in [5.41, 5.74) is 0.0531. The Labute approximate surface area is 175 Å². The number of nitrogens with zero attached hydrogens (tertiary/aromatic N) is 2. The molecule has 0 aliphatic carbocycles. The fourth-order valence-electron chi connectivity index (χ4n) is 2.59.